The average molecular weight is 267 g/mol. The number of rotatable bonds is 4. The molecule has 3 nitrogen and oxygen atoms in total. The van der Waals surface area contributed by atoms with Crippen molar-refractivity contribution in [3.63, 3.8) is 0 Å². The van der Waals surface area contributed by atoms with Gasteiger partial charge < -0.3 is 5.32 Å². The third kappa shape index (κ3) is 3.56. The van der Waals surface area contributed by atoms with Crippen molar-refractivity contribution in [3.05, 3.63) is 35.4 Å². The van der Waals surface area contributed by atoms with Crippen molar-refractivity contribution in [3.8, 4) is 0 Å². The summed E-state index contributed by atoms with van der Waals surface area (Å²) in [7, 11) is -2.75. The Labute approximate surface area is 110 Å². The van der Waals surface area contributed by atoms with Gasteiger partial charge in [0.25, 0.3) is 0 Å². The Hall–Kier alpha value is -0.870. The van der Waals surface area contributed by atoms with Gasteiger partial charge in [-0.15, -0.1) is 0 Å². The highest BCUT2D eigenvalue weighted by atomic mass is 32.2. The third-order valence-electron chi connectivity index (χ3n) is 3.64. The van der Waals surface area contributed by atoms with Crippen LogP contribution in [0.3, 0.4) is 0 Å². The molecule has 1 heterocycles. The molecule has 4 heteroatoms. The van der Waals surface area contributed by atoms with E-state index in [-0.39, 0.29) is 0 Å². The summed E-state index contributed by atoms with van der Waals surface area (Å²) >= 11 is 0. The van der Waals surface area contributed by atoms with Crippen LogP contribution >= 0.6 is 0 Å². The van der Waals surface area contributed by atoms with Crippen LogP contribution in [0.2, 0.25) is 0 Å². The first kappa shape index (κ1) is 13.6. The van der Waals surface area contributed by atoms with Crippen molar-refractivity contribution in [1.82, 2.24) is 5.32 Å². The van der Waals surface area contributed by atoms with Crippen LogP contribution in [0, 0.1) is 0 Å². The summed E-state index contributed by atoms with van der Waals surface area (Å²) in [6, 6.07) is 8.77. The minimum Gasteiger partial charge on any atom is -0.310 e. The molecule has 2 rings (SSSR count). The van der Waals surface area contributed by atoms with E-state index < -0.39 is 9.84 Å². The molecule has 0 aliphatic carbocycles. The molecule has 0 spiro atoms. The van der Waals surface area contributed by atoms with E-state index in [1.54, 1.807) is 0 Å². The van der Waals surface area contributed by atoms with Crippen LogP contribution in [-0.2, 0) is 22.8 Å². The van der Waals surface area contributed by atoms with E-state index >= 15 is 0 Å². The number of hydrogen-bond donors (Lipinski definition) is 1. The van der Waals surface area contributed by atoms with Crippen molar-refractivity contribution in [2.75, 3.05) is 11.5 Å². The number of benzene rings is 1. The number of aryl methyl sites for hydroxylation is 1. The van der Waals surface area contributed by atoms with Crippen molar-refractivity contribution < 1.29 is 8.42 Å². The molecule has 0 saturated carbocycles. The molecule has 0 radical (unpaired) electrons. The lowest BCUT2D eigenvalue weighted by molar-refractivity contribution is 0.462. The predicted molar refractivity (Wildman–Crippen MR) is 74.3 cm³/mol. The zero-order valence-corrected chi connectivity index (χ0v) is 11.7. The number of hydrogen-bond acceptors (Lipinski definition) is 3. The van der Waals surface area contributed by atoms with Gasteiger partial charge in [0.2, 0.25) is 0 Å². The van der Waals surface area contributed by atoms with Gasteiger partial charge in [-0.2, -0.15) is 0 Å². The van der Waals surface area contributed by atoms with Gasteiger partial charge in [0.15, 0.2) is 0 Å². The van der Waals surface area contributed by atoms with Crippen LogP contribution in [0.5, 0.6) is 0 Å². The Balaban J connectivity index is 1.89. The molecule has 1 aliphatic heterocycles. The Kier molecular flexibility index (Phi) is 4.40. The van der Waals surface area contributed by atoms with E-state index in [2.05, 4.69) is 36.5 Å². The van der Waals surface area contributed by atoms with Gasteiger partial charge in [-0.1, -0.05) is 31.2 Å². The van der Waals surface area contributed by atoms with Crippen LogP contribution in [0.25, 0.3) is 0 Å². The zero-order chi connectivity index (χ0) is 13.0. The van der Waals surface area contributed by atoms with E-state index in [9.17, 15) is 8.42 Å². The summed E-state index contributed by atoms with van der Waals surface area (Å²) in [4.78, 5) is 0. The van der Waals surface area contributed by atoms with Crippen molar-refractivity contribution in [2.24, 2.45) is 0 Å². The van der Waals surface area contributed by atoms with Crippen LogP contribution < -0.4 is 5.32 Å². The number of nitrogens with one attached hydrogen (secondary N) is 1. The first-order valence-electron chi connectivity index (χ1n) is 6.61. The average Bonchev–Trinajstić information content (AvgIpc) is 2.38. The lowest BCUT2D eigenvalue weighted by Gasteiger charge is -2.23. The molecule has 1 aromatic carbocycles. The molecule has 0 bridgehead atoms. The Morgan fingerprint density at radius 2 is 1.78 bits per heavy atom. The van der Waals surface area contributed by atoms with Crippen LogP contribution in [0.4, 0.5) is 0 Å². The lowest BCUT2D eigenvalue weighted by Crippen LogP contribution is -2.37. The fraction of sp³-hybridized carbons (Fsp3) is 0.571. The summed E-state index contributed by atoms with van der Waals surface area (Å²) in [5.41, 5.74) is 2.70. The van der Waals surface area contributed by atoms with E-state index in [4.69, 9.17) is 0 Å². The number of sulfone groups is 1. The fourth-order valence-corrected chi connectivity index (χ4v) is 3.91. The molecule has 0 amide bonds. The Morgan fingerprint density at radius 3 is 2.39 bits per heavy atom. The highest BCUT2D eigenvalue weighted by molar-refractivity contribution is 7.91. The standard InChI is InChI=1S/C14H21NO2S/c1-2-12-5-3-4-6-13(12)11-15-14-7-9-18(16,17)10-8-14/h3-6,14-15H,2,7-11H2,1H3. The van der Waals surface area contributed by atoms with Crippen molar-refractivity contribution in [2.45, 2.75) is 38.8 Å². The molecule has 100 valence electrons. The van der Waals surface area contributed by atoms with Crippen molar-refractivity contribution in [1.29, 1.82) is 0 Å². The Morgan fingerprint density at radius 1 is 1.17 bits per heavy atom. The van der Waals surface area contributed by atoms with E-state index in [0.717, 1.165) is 25.8 Å². The molecule has 1 N–H and O–H groups in total. The van der Waals surface area contributed by atoms with Gasteiger partial charge in [0, 0.05) is 12.6 Å². The first-order valence-corrected chi connectivity index (χ1v) is 8.43. The van der Waals surface area contributed by atoms with Gasteiger partial charge in [-0.05, 0) is 30.4 Å². The summed E-state index contributed by atoms with van der Waals surface area (Å²) in [5, 5.41) is 3.49. The van der Waals surface area contributed by atoms with Gasteiger partial charge in [-0.25, -0.2) is 8.42 Å². The smallest absolute Gasteiger partial charge is 0.150 e. The van der Waals surface area contributed by atoms with Crippen molar-refractivity contribution >= 4 is 9.84 Å². The van der Waals surface area contributed by atoms with Gasteiger partial charge in [0.05, 0.1) is 11.5 Å². The lowest BCUT2D eigenvalue weighted by atomic mass is 10.0. The zero-order valence-electron chi connectivity index (χ0n) is 10.9. The molecule has 1 aromatic rings. The second-order valence-corrected chi connectivity index (χ2v) is 7.23. The van der Waals surface area contributed by atoms with Gasteiger partial charge >= 0.3 is 0 Å². The highest BCUT2D eigenvalue weighted by Gasteiger charge is 2.22. The van der Waals surface area contributed by atoms with Crippen LogP contribution in [0.1, 0.15) is 30.9 Å². The maximum Gasteiger partial charge on any atom is 0.150 e. The van der Waals surface area contributed by atoms with E-state index in [1.165, 1.54) is 11.1 Å². The minimum absolute atomic E-state index is 0.333. The maximum absolute atomic E-state index is 11.3. The molecule has 1 aliphatic rings. The third-order valence-corrected chi connectivity index (χ3v) is 5.35. The monoisotopic (exact) mass is 267 g/mol. The summed E-state index contributed by atoms with van der Waals surface area (Å²) < 4.78 is 22.7. The van der Waals surface area contributed by atoms with Gasteiger partial charge in [-0.3, -0.25) is 0 Å². The summed E-state index contributed by atoms with van der Waals surface area (Å²) in [6.07, 6.45) is 2.53. The van der Waals surface area contributed by atoms with E-state index in [1.807, 2.05) is 0 Å². The predicted octanol–water partition coefficient (Wildman–Crippen LogP) is 1.92. The molecule has 0 aromatic heterocycles. The van der Waals surface area contributed by atoms with Gasteiger partial charge in [0.1, 0.15) is 9.84 Å². The SMILES string of the molecule is CCc1ccccc1CNC1CCS(=O)(=O)CC1. The Bertz CT molecular complexity index is 482. The van der Waals surface area contributed by atoms with Crippen LogP contribution in [0.15, 0.2) is 24.3 Å². The summed E-state index contributed by atoms with van der Waals surface area (Å²) in [6.45, 7) is 3.00. The molecule has 18 heavy (non-hydrogen) atoms. The van der Waals surface area contributed by atoms with Crippen LogP contribution in [-0.4, -0.2) is 26.0 Å². The van der Waals surface area contributed by atoms with E-state index in [0.29, 0.717) is 17.5 Å². The molecule has 0 atom stereocenters. The topological polar surface area (TPSA) is 46.2 Å². The largest absolute Gasteiger partial charge is 0.310 e. The molecular weight excluding hydrogens is 246 g/mol. The quantitative estimate of drug-likeness (QED) is 0.906. The normalized spacial score (nSPS) is 19.8. The fourth-order valence-electron chi connectivity index (χ4n) is 2.42. The molecule has 1 fully saturated rings. The molecular formula is C14H21NO2S. The second kappa shape index (κ2) is 5.85. The minimum atomic E-state index is -2.75. The first-order chi connectivity index (χ1) is 8.61. The highest BCUT2D eigenvalue weighted by Crippen LogP contribution is 2.14. The maximum atomic E-state index is 11.3. The molecule has 1 saturated heterocycles. The molecule has 0 unspecified atom stereocenters. The second-order valence-electron chi connectivity index (χ2n) is 4.93. The summed E-state index contributed by atoms with van der Waals surface area (Å²) in [5.74, 6) is 0.667.